The summed E-state index contributed by atoms with van der Waals surface area (Å²) in [6, 6.07) is 8.22. The molecule has 1 N–H and O–H groups in total. The summed E-state index contributed by atoms with van der Waals surface area (Å²) >= 11 is 0. The summed E-state index contributed by atoms with van der Waals surface area (Å²) in [5, 5.41) is 3.07. The van der Waals surface area contributed by atoms with E-state index in [0.29, 0.717) is 13.1 Å². The normalized spacial score (nSPS) is 14.8. The Kier molecular flexibility index (Phi) is 4.53. The van der Waals surface area contributed by atoms with E-state index in [2.05, 4.69) is 18.0 Å². The molecule has 96 valence electrons. The van der Waals surface area contributed by atoms with Gasteiger partial charge in [0.2, 0.25) is 5.91 Å². The first-order chi connectivity index (χ1) is 8.83. The number of aryl methyl sites for hydroxylation is 1. The second-order valence-electron chi connectivity index (χ2n) is 4.55. The summed E-state index contributed by atoms with van der Waals surface area (Å²) in [7, 11) is 0. The maximum Gasteiger partial charge on any atom is 0.240 e. The van der Waals surface area contributed by atoms with Crippen LogP contribution in [0.25, 0.3) is 0 Å². The number of fused-ring (bicyclic) bond motifs is 1. The Morgan fingerprint density at radius 3 is 3.06 bits per heavy atom. The molecule has 3 heteroatoms. The van der Waals surface area contributed by atoms with Gasteiger partial charge in [-0.3, -0.25) is 4.79 Å². The van der Waals surface area contributed by atoms with Gasteiger partial charge in [0.25, 0.3) is 0 Å². The van der Waals surface area contributed by atoms with Gasteiger partial charge < -0.3 is 10.2 Å². The number of carbonyl (C=O) groups excluding carboxylic acids is 1. The highest BCUT2D eigenvalue weighted by molar-refractivity contribution is 5.95. The highest BCUT2D eigenvalue weighted by Crippen LogP contribution is 2.25. The van der Waals surface area contributed by atoms with E-state index in [1.165, 1.54) is 5.56 Å². The van der Waals surface area contributed by atoms with Crippen molar-refractivity contribution in [2.75, 3.05) is 24.5 Å². The molecule has 0 spiro atoms. The highest BCUT2D eigenvalue weighted by atomic mass is 16.2. The Morgan fingerprint density at radius 1 is 1.39 bits per heavy atom. The predicted octanol–water partition coefficient (Wildman–Crippen LogP) is 2.13. The fourth-order valence-electron chi connectivity index (χ4n) is 2.33. The molecule has 2 rings (SSSR count). The molecule has 0 atom stereocenters. The number of nitrogens with one attached hydrogen (secondary N) is 1. The average Bonchev–Trinajstić information content (AvgIpc) is 2.61. The van der Waals surface area contributed by atoms with Crippen molar-refractivity contribution in [3.05, 3.63) is 42.5 Å². The zero-order valence-corrected chi connectivity index (χ0v) is 10.7. The fourth-order valence-corrected chi connectivity index (χ4v) is 2.33. The number of amides is 1. The van der Waals surface area contributed by atoms with E-state index in [9.17, 15) is 4.79 Å². The number of carbonyl (C=O) groups is 1. The van der Waals surface area contributed by atoms with Crippen molar-refractivity contribution in [1.82, 2.24) is 5.32 Å². The van der Waals surface area contributed by atoms with Gasteiger partial charge in [0.15, 0.2) is 0 Å². The quantitative estimate of drug-likeness (QED) is 0.650. The summed E-state index contributed by atoms with van der Waals surface area (Å²) in [6.07, 6.45) is 5.06. The molecule has 0 aliphatic carbocycles. The van der Waals surface area contributed by atoms with Gasteiger partial charge >= 0.3 is 0 Å². The van der Waals surface area contributed by atoms with E-state index in [1.807, 2.05) is 23.1 Å². The first kappa shape index (κ1) is 12.8. The first-order valence-corrected chi connectivity index (χ1v) is 6.53. The zero-order chi connectivity index (χ0) is 12.8. The molecule has 0 aromatic heterocycles. The number of rotatable bonds is 4. The van der Waals surface area contributed by atoms with E-state index in [-0.39, 0.29) is 5.91 Å². The monoisotopic (exact) mass is 244 g/mol. The molecule has 1 aliphatic rings. The third kappa shape index (κ3) is 2.99. The second kappa shape index (κ2) is 6.36. The van der Waals surface area contributed by atoms with Gasteiger partial charge in [0.05, 0.1) is 6.54 Å². The van der Waals surface area contributed by atoms with Crippen LogP contribution in [0.15, 0.2) is 36.9 Å². The van der Waals surface area contributed by atoms with Gasteiger partial charge in [-0.25, -0.2) is 0 Å². The molecule has 1 amide bonds. The summed E-state index contributed by atoms with van der Waals surface area (Å²) in [5.74, 6) is 0.145. The van der Waals surface area contributed by atoms with Gasteiger partial charge in [-0.2, -0.15) is 0 Å². The Labute approximate surface area is 108 Å². The Hall–Kier alpha value is -1.61. The van der Waals surface area contributed by atoms with Crippen molar-refractivity contribution in [2.45, 2.75) is 19.3 Å². The number of para-hydroxylation sites is 1. The van der Waals surface area contributed by atoms with Crippen molar-refractivity contribution in [3.63, 3.8) is 0 Å². The molecule has 18 heavy (non-hydrogen) atoms. The number of benzene rings is 1. The van der Waals surface area contributed by atoms with Crippen molar-refractivity contribution >= 4 is 11.6 Å². The van der Waals surface area contributed by atoms with E-state index in [0.717, 1.165) is 31.5 Å². The maximum absolute atomic E-state index is 12.2. The molecule has 0 saturated carbocycles. The largest absolute Gasteiger partial charge is 0.311 e. The van der Waals surface area contributed by atoms with Crippen molar-refractivity contribution < 1.29 is 4.79 Å². The number of anilines is 1. The van der Waals surface area contributed by atoms with E-state index < -0.39 is 0 Å². The highest BCUT2D eigenvalue weighted by Gasteiger charge is 2.19. The lowest BCUT2D eigenvalue weighted by molar-refractivity contribution is -0.117. The smallest absolute Gasteiger partial charge is 0.240 e. The number of nitrogens with zero attached hydrogens (tertiary/aromatic N) is 1. The molecule has 1 aliphatic heterocycles. The minimum absolute atomic E-state index is 0.145. The lowest BCUT2D eigenvalue weighted by Gasteiger charge is -2.23. The molecule has 0 unspecified atom stereocenters. The van der Waals surface area contributed by atoms with Gasteiger partial charge in [0, 0.05) is 18.8 Å². The third-order valence-corrected chi connectivity index (χ3v) is 3.23. The van der Waals surface area contributed by atoms with Crippen molar-refractivity contribution in [2.24, 2.45) is 0 Å². The minimum atomic E-state index is 0.145. The summed E-state index contributed by atoms with van der Waals surface area (Å²) in [5.41, 5.74) is 2.37. The Bertz CT molecular complexity index is 428. The molecular formula is C15H20N2O. The van der Waals surface area contributed by atoms with Crippen LogP contribution in [0.2, 0.25) is 0 Å². The molecule has 1 aromatic carbocycles. The summed E-state index contributed by atoms with van der Waals surface area (Å²) < 4.78 is 0. The van der Waals surface area contributed by atoms with Crippen LogP contribution in [0.5, 0.6) is 0 Å². The van der Waals surface area contributed by atoms with Crippen LogP contribution < -0.4 is 10.2 Å². The Morgan fingerprint density at radius 2 is 2.22 bits per heavy atom. The lowest BCUT2D eigenvalue weighted by Crippen LogP contribution is -2.38. The zero-order valence-electron chi connectivity index (χ0n) is 10.7. The van der Waals surface area contributed by atoms with Crippen molar-refractivity contribution in [1.29, 1.82) is 0 Å². The standard InChI is InChI=1S/C15H20N2O/c1-2-10-16-12-15(18)17-11-6-5-8-13-7-3-4-9-14(13)17/h2-4,7,9,16H,1,5-6,8,10-12H2. The van der Waals surface area contributed by atoms with Crippen LogP contribution in [0, 0.1) is 0 Å². The first-order valence-electron chi connectivity index (χ1n) is 6.53. The van der Waals surface area contributed by atoms with E-state index in [1.54, 1.807) is 6.08 Å². The maximum atomic E-state index is 12.2. The second-order valence-corrected chi connectivity index (χ2v) is 4.55. The predicted molar refractivity (Wildman–Crippen MR) is 74.8 cm³/mol. The molecule has 3 nitrogen and oxygen atoms in total. The number of hydrogen-bond donors (Lipinski definition) is 1. The van der Waals surface area contributed by atoms with E-state index in [4.69, 9.17) is 0 Å². The van der Waals surface area contributed by atoms with Crippen LogP contribution in [-0.2, 0) is 11.2 Å². The van der Waals surface area contributed by atoms with Crippen LogP contribution >= 0.6 is 0 Å². The molecule has 0 fully saturated rings. The minimum Gasteiger partial charge on any atom is -0.311 e. The van der Waals surface area contributed by atoms with Crippen LogP contribution in [-0.4, -0.2) is 25.5 Å². The summed E-state index contributed by atoms with van der Waals surface area (Å²) in [6.45, 7) is 5.50. The van der Waals surface area contributed by atoms with Crippen LogP contribution in [0.1, 0.15) is 18.4 Å². The van der Waals surface area contributed by atoms with Gasteiger partial charge in [-0.15, -0.1) is 6.58 Å². The molecule has 0 bridgehead atoms. The SMILES string of the molecule is C=CCNCC(=O)N1CCCCc2ccccc21. The molecule has 1 heterocycles. The average molecular weight is 244 g/mol. The van der Waals surface area contributed by atoms with E-state index >= 15 is 0 Å². The van der Waals surface area contributed by atoms with Gasteiger partial charge in [-0.05, 0) is 30.9 Å². The lowest BCUT2D eigenvalue weighted by atomic mass is 10.1. The fraction of sp³-hybridized carbons (Fsp3) is 0.400. The Balaban J connectivity index is 2.12. The molecule has 0 radical (unpaired) electrons. The summed E-state index contributed by atoms with van der Waals surface area (Å²) in [4.78, 5) is 14.1. The van der Waals surface area contributed by atoms with Gasteiger partial charge in [0.1, 0.15) is 0 Å². The molecule has 0 saturated heterocycles. The van der Waals surface area contributed by atoms with Crippen LogP contribution in [0.3, 0.4) is 0 Å². The van der Waals surface area contributed by atoms with Crippen molar-refractivity contribution in [3.8, 4) is 0 Å². The number of hydrogen-bond acceptors (Lipinski definition) is 2. The van der Waals surface area contributed by atoms with Crippen LogP contribution in [0.4, 0.5) is 5.69 Å². The van der Waals surface area contributed by atoms with Gasteiger partial charge in [-0.1, -0.05) is 24.3 Å². The molecule has 1 aromatic rings. The third-order valence-electron chi connectivity index (χ3n) is 3.23. The topological polar surface area (TPSA) is 32.3 Å². The molecular weight excluding hydrogens is 224 g/mol.